The number of aliphatic hydroxyl groups excluding tert-OH is 1. The Morgan fingerprint density at radius 1 is 1.44 bits per heavy atom. The maximum absolute atomic E-state index is 12.6. The van der Waals surface area contributed by atoms with Gasteiger partial charge < -0.3 is 19.7 Å². The number of aromatic nitrogens is 2. The molecule has 0 unspecified atom stereocenters. The van der Waals surface area contributed by atoms with Gasteiger partial charge in [-0.1, -0.05) is 19.9 Å². The molecule has 1 saturated heterocycles. The zero-order valence-corrected chi connectivity index (χ0v) is 15.1. The average Bonchev–Trinajstić information content (AvgIpc) is 3.18. The molecule has 0 bridgehead atoms. The van der Waals surface area contributed by atoms with E-state index in [2.05, 4.69) is 24.1 Å². The van der Waals surface area contributed by atoms with Crippen molar-refractivity contribution in [1.82, 2.24) is 19.6 Å². The molecule has 3 heterocycles. The van der Waals surface area contributed by atoms with Crippen molar-refractivity contribution in [3.05, 3.63) is 36.3 Å². The number of urea groups is 1. The standard InChI is InChI=1S/C19H28N4O2/c1-15(2)12-19(14-24)8-5-11-23(19)18(25)20-9-7-16-13-22-10-4-3-6-17(22)21-16/h3-4,6,10,13,15,24H,5,7-9,11-12,14H2,1-2H3,(H,20,25)/t19-/m1/s1. The molecule has 0 radical (unpaired) electrons. The third-order valence-corrected chi connectivity index (χ3v) is 5.00. The van der Waals surface area contributed by atoms with Crippen molar-refractivity contribution in [3.63, 3.8) is 0 Å². The number of carbonyl (C=O) groups is 1. The van der Waals surface area contributed by atoms with Gasteiger partial charge in [0.05, 0.1) is 17.8 Å². The van der Waals surface area contributed by atoms with Crippen LogP contribution in [0.5, 0.6) is 0 Å². The molecule has 3 rings (SSSR count). The van der Waals surface area contributed by atoms with E-state index in [0.29, 0.717) is 25.4 Å². The number of carbonyl (C=O) groups excluding carboxylic acids is 1. The summed E-state index contributed by atoms with van der Waals surface area (Å²) in [7, 11) is 0. The summed E-state index contributed by atoms with van der Waals surface area (Å²) in [4.78, 5) is 19.0. The number of fused-ring (bicyclic) bond motifs is 1. The maximum atomic E-state index is 12.6. The lowest BCUT2D eigenvalue weighted by Crippen LogP contribution is -2.54. The van der Waals surface area contributed by atoms with Crippen LogP contribution < -0.4 is 5.32 Å². The van der Waals surface area contributed by atoms with Crippen molar-refractivity contribution in [3.8, 4) is 0 Å². The van der Waals surface area contributed by atoms with Crippen molar-refractivity contribution in [1.29, 1.82) is 0 Å². The number of pyridine rings is 1. The molecule has 6 heteroatoms. The van der Waals surface area contributed by atoms with Crippen LogP contribution >= 0.6 is 0 Å². The lowest BCUT2D eigenvalue weighted by molar-refractivity contribution is 0.0677. The van der Waals surface area contributed by atoms with Gasteiger partial charge in [0.1, 0.15) is 5.65 Å². The van der Waals surface area contributed by atoms with E-state index < -0.39 is 5.54 Å². The highest BCUT2D eigenvalue weighted by molar-refractivity contribution is 5.75. The summed E-state index contributed by atoms with van der Waals surface area (Å²) >= 11 is 0. The Bertz CT molecular complexity index is 694. The van der Waals surface area contributed by atoms with Crippen LogP contribution in [0.15, 0.2) is 30.6 Å². The minimum absolute atomic E-state index is 0.0328. The number of hydrogen-bond donors (Lipinski definition) is 2. The zero-order valence-electron chi connectivity index (χ0n) is 15.1. The highest BCUT2D eigenvalue weighted by atomic mass is 16.3. The van der Waals surface area contributed by atoms with E-state index >= 15 is 0 Å². The SMILES string of the molecule is CC(C)C[C@@]1(CO)CCCN1C(=O)NCCc1cn2ccccc2n1. The van der Waals surface area contributed by atoms with Gasteiger partial charge in [0.25, 0.3) is 0 Å². The molecule has 1 atom stereocenters. The van der Waals surface area contributed by atoms with Gasteiger partial charge in [-0.15, -0.1) is 0 Å². The molecule has 25 heavy (non-hydrogen) atoms. The molecule has 0 aromatic carbocycles. The summed E-state index contributed by atoms with van der Waals surface area (Å²) < 4.78 is 1.98. The molecule has 1 aliphatic rings. The second-order valence-corrected chi connectivity index (χ2v) is 7.42. The molecule has 6 nitrogen and oxygen atoms in total. The normalized spacial score (nSPS) is 20.6. The number of nitrogens with one attached hydrogen (secondary N) is 1. The summed E-state index contributed by atoms with van der Waals surface area (Å²) in [5.74, 6) is 0.443. The molecule has 1 aliphatic heterocycles. The van der Waals surface area contributed by atoms with E-state index in [4.69, 9.17) is 0 Å². The molecule has 2 aromatic rings. The molecule has 0 aliphatic carbocycles. The van der Waals surface area contributed by atoms with E-state index in [9.17, 15) is 9.90 Å². The summed E-state index contributed by atoms with van der Waals surface area (Å²) in [5, 5.41) is 12.9. The van der Waals surface area contributed by atoms with Crippen LogP contribution in [0, 0.1) is 5.92 Å². The lowest BCUT2D eigenvalue weighted by atomic mass is 9.87. The largest absolute Gasteiger partial charge is 0.394 e. The second kappa shape index (κ2) is 7.44. The first kappa shape index (κ1) is 17.7. The second-order valence-electron chi connectivity index (χ2n) is 7.42. The summed E-state index contributed by atoms with van der Waals surface area (Å²) in [6, 6.07) is 5.82. The van der Waals surface area contributed by atoms with Gasteiger partial charge >= 0.3 is 6.03 Å². The van der Waals surface area contributed by atoms with Gasteiger partial charge in [-0.3, -0.25) is 0 Å². The Labute approximate surface area is 148 Å². The summed E-state index contributed by atoms with van der Waals surface area (Å²) in [6.07, 6.45) is 7.32. The van der Waals surface area contributed by atoms with Crippen LogP contribution in [-0.2, 0) is 6.42 Å². The fourth-order valence-corrected chi connectivity index (χ4v) is 3.96. The van der Waals surface area contributed by atoms with Gasteiger partial charge in [-0.05, 0) is 37.3 Å². The van der Waals surface area contributed by atoms with Gasteiger partial charge in [-0.25, -0.2) is 9.78 Å². The Morgan fingerprint density at radius 2 is 2.28 bits per heavy atom. The highest BCUT2D eigenvalue weighted by Crippen LogP contribution is 2.34. The van der Waals surface area contributed by atoms with E-state index in [0.717, 1.165) is 30.6 Å². The Hall–Kier alpha value is -2.08. The van der Waals surface area contributed by atoms with Crippen molar-refractivity contribution < 1.29 is 9.90 Å². The number of nitrogens with zero attached hydrogens (tertiary/aromatic N) is 3. The topological polar surface area (TPSA) is 69.9 Å². The van der Waals surface area contributed by atoms with Gasteiger partial charge in [0.15, 0.2) is 0 Å². The predicted octanol–water partition coefficient (Wildman–Crippen LogP) is 2.46. The molecule has 2 N–H and O–H groups in total. The smallest absolute Gasteiger partial charge is 0.317 e. The van der Waals surface area contributed by atoms with Crippen molar-refractivity contribution in [2.75, 3.05) is 19.7 Å². The Balaban J connectivity index is 1.58. The Kier molecular flexibility index (Phi) is 5.27. The fourth-order valence-electron chi connectivity index (χ4n) is 3.96. The monoisotopic (exact) mass is 344 g/mol. The molecule has 0 saturated carbocycles. The number of likely N-dealkylation sites (tertiary alicyclic amines) is 1. The molecular formula is C19H28N4O2. The molecule has 2 amide bonds. The highest BCUT2D eigenvalue weighted by Gasteiger charge is 2.43. The van der Waals surface area contributed by atoms with Crippen molar-refractivity contribution >= 4 is 11.7 Å². The number of rotatable bonds is 6. The van der Waals surface area contributed by atoms with E-state index in [1.165, 1.54) is 0 Å². The van der Waals surface area contributed by atoms with Gasteiger partial charge in [0, 0.05) is 31.9 Å². The van der Waals surface area contributed by atoms with Crippen molar-refractivity contribution in [2.45, 2.75) is 45.1 Å². The van der Waals surface area contributed by atoms with Crippen LogP contribution in [-0.4, -0.2) is 50.7 Å². The van der Waals surface area contributed by atoms with E-state index in [1.807, 2.05) is 39.9 Å². The summed E-state index contributed by atoms with van der Waals surface area (Å²) in [5.41, 5.74) is 1.48. The quantitative estimate of drug-likeness (QED) is 0.846. The molecular weight excluding hydrogens is 316 g/mol. The van der Waals surface area contributed by atoms with E-state index in [1.54, 1.807) is 0 Å². The average molecular weight is 344 g/mol. The predicted molar refractivity (Wildman–Crippen MR) is 97.5 cm³/mol. The first-order valence-corrected chi connectivity index (χ1v) is 9.13. The number of aliphatic hydroxyl groups is 1. The number of hydrogen-bond acceptors (Lipinski definition) is 3. The van der Waals surface area contributed by atoms with Gasteiger partial charge in [-0.2, -0.15) is 0 Å². The van der Waals surface area contributed by atoms with Crippen LogP contribution in [0.4, 0.5) is 4.79 Å². The van der Waals surface area contributed by atoms with Crippen LogP contribution in [0.2, 0.25) is 0 Å². The van der Waals surface area contributed by atoms with Crippen molar-refractivity contribution in [2.24, 2.45) is 5.92 Å². The molecule has 136 valence electrons. The van der Waals surface area contributed by atoms with Crippen LogP contribution in [0.1, 0.15) is 38.8 Å². The third kappa shape index (κ3) is 3.79. The number of amides is 2. The molecule has 1 fully saturated rings. The first-order valence-electron chi connectivity index (χ1n) is 9.13. The lowest BCUT2D eigenvalue weighted by Gasteiger charge is -2.38. The zero-order chi connectivity index (χ0) is 17.9. The third-order valence-electron chi connectivity index (χ3n) is 5.00. The van der Waals surface area contributed by atoms with Gasteiger partial charge in [0.2, 0.25) is 0 Å². The van der Waals surface area contributed by atoms with Crippen LogP contribution in [0.25, 0.3) is 5.65 Å². The molecule has 2 aromatic heterocycles. The minimum Gasteiger partial charge on any atom is -0.394 e. The Morgan fingerprint density at radius 3 is 3.00 bits per heavy atom. The molecule has 0 spiro atoms. The maximum Gasteiger partial charge on any atom is 0.317 e. The fraction of sp³-hybridized carbons (Fsp3) is 0.579. The first-order chi connectivity index (χ1) is 12.0. The minimum atomic E-state index is -0.401. The van der Waals surface area contributed by atoms with E-state index in [-0.39, 0.29) is 12.6 Å². The summed E-state index contributed by atoms with van der Waals surface area (Å²) in [6.45, 7) is 5.56. The number of imidazole rings is 1. The van der Waals surface area contributed by atoms with Crippen LogP contribution in [0.3, 0.4) is 0 Å².